The van der Waals surface area contributed by atoms with Crippen LogP contribution in [0.1, 0.15) is 32.1 Å². The number of nitrogens with one attached hydrogen (secondary N) is 2. The number of anilines is 1. The largest absolute Gasteiger partial charge is 0.487 e. The van der Waals surface area contributed by atoms with Crippen molar-refractivity contribution in [3.63, 3.8) is 0 Å². The molecule has 1 saturated carbocycles. The zero-order valence-electron chi connectivity index (χ0n) is 14.1. The summed E-state index contributed by atoms with van der Waals surface area (Å²) in [4.78, 5) is 12.7. The van der Waals surface area contributed by atoms with Gasteiger partial charge in [0, 0.05) is 18.9 Å². The summed E-state index contributed by atoms with van der Waals surface area (Å²) in [5, 5.41) is 6.09. The molecule has 6 heteroatoms. The Bertz CT molecular complexity index is 578. The fraction of sp³-hybridized carbons (Fsp3) is 0.611. The average molecular weight is 336 g/mol. The molecule has 2 N–H and O–H groups in total. The first kappa shape index (κ1) is 17.2. The van der Waals surface area contributed by atoms with Gasteiger partial charge in [0.1, 0.15) is 0 Å². The van der Waals surface area contributed by atoms with Gasteiger partial charge in [-0.2, -0.15) is 0 Å². The maximum atomic E-state index is 14.2. The van der Waals surface area contributed by atoms with Crippen LogP contribution in [-0.2, 0) is 9.53 Å². The zero-order chi connectivity index (χ0) is 17.0. The Morgan fingerprint density at radius 1 is 1.38 bits per heavy atom. The first-order valence-corrected chi connectivity index (χ1v) is 8.60. The Labute approximate surface area is 141 Å². The summed E-state index contributed by atoms with van der Waals surface area (Å²) in [6.07, 6.45) is 4.63. The molecule has 1 saturated heterocycles. The topological polar surface area (TPSA) is 59.6 Å². The lowest BCUT2D eigenvalue weighted by Crippen LogP contribution is -2.47. The molecule has 0 spiro atoms. The van der Waals surface area contributed by atoms with E-state index >= 15 is 0 Å². The van der Waals surface area contributed by atoms with Gasteiger partial charge in [-0.15, -0.1) is 0 Å². The average Bonchev–Trinajstić information content (AvgIpc) is 2.53. The summed E-state index contributed by atoms with van der Waals surface area (Å²) in [6.45, 7) is 1.92. The fourth-order valence-electron chi connectivity index (χ4n) is 3.22. The highest BCUT2D eigenvalue weighted by atomic mass is 19.1. The number of halogens is 1. The molecule has 5 nitrogen and oxygen atoms in total. The van der Waals surface area contributed by atoms with Crippen LogP contribution in [0.2, 0.25) is 0 Å². The molecule has 132 valence electrons. The van der Waals surface area contributed by atoms with Gasteiger partial charge < -0.3 is 20.1 Å². The molecule has 3 rings (SSSR count). The Hall–Kier alpha value is -1.66. The quantitative estimate of drug-likeness (QED) is 0.839. The van der Waals surface area contributed by atoms with Crippen molar-refractivity contribution in [1.29, 1.82) is 0 Å². The van der Waals surface area contributed by atoms with Crippen LogP contribution in [0.3, 0.4) is 0 Å². The molecule has 0 bridgehead atoms. The van der Waals surface area contributed by atoms with Crippen molar-refractivity contribution >= 4 is 11.6 Å². The molecule has 1 aromatic carbocycles. The van der Waals surface area contributed by atoms with Crippen LogP contribution >= 0.6 is 0 Å². The number of hydrogen-bond donors (Lipinski definition) is 2. The normalized spacial score (nSPS) is 20.2. The lowest BCUT2D eigenvalue weighted by molar-refractivity contribution is -0.130. The van der Waals surface area contributed by atoms with Crippen molar-refractivity contribution in [2.24, 2.45) is 5.41 Å². The maximum absolute atomic E-state index is 14.2. The molecule has 1 amide bonds. The molecule has 2 fully saturated rings. The van der Waals surface area contributed by atoms with Crippen molar-refractivity contribution in [2.45, 2.75) is 38.2 Å². The predicted octanol–water partition coefficient (Wildman–Crippen LogP) is 2.71. The van der Waals surface area contributed by atoms with Gasteiger partial charge in [0.15, 0.2) is 11.6 Å². The summed E-state index contributed by atoms with van der Waals surface area (Å²) < 4.78 is 25.1. The smallest absolute Gasteiger partial charge is 0.233 e. The van der Waals surface area contributed by atoms with Crippen LogP contribution in [0.4, 0.5) is 10.1 Å². The molecule has 1 aliphatic heterocycles. The van der Waals surface area contributed by atoms with E-state index in [-0.39, 0.29) is 17.8 Å². The second kappa shape index (κ2) is 7.49. The van der Waals surface area contributed by atoms with E-state index < -0.39 is 11.2 Å². The Balaban J connectivity index is 1.67. The van der Waals surface area contributed by atoms with Crippen molar-refractivity contribution in [3.8, 4) is 5.75 Å². The molecule has 1 aromatic rings. The number of hydrogen-bond acceptors (Lipinski definition) is 4. The molecular formula is C18H25FN2O3. The highest BCUT2D eigenvalue weighted by Crippen LogP contribution is 2.32. The summed E-state index contributed by atoms with van der Waals surface area (Å²) in [6, 6.07) is 4.61. The molecule has 2 aliphatic rings. The van der Waals surface area contributed by atoms with Crippen LogP contribution in [0, 0.1) is 11.2 Å². The number of carbonyl (C=O) groups is 1. The third kappa shape index (κ3) is 3.70. The predicted molar refractivity (Wildman–Crippen MR) is 89.7 cm³/mol. The summed E-state index contributed by atoms with van der Waals surface area (Å²) in [7, 11) is 1.60. The van der Waals surface area contributed by atoms with Crippen molar-refractivity contribution in [2.75, 3.05) is 32.1 Å². The van der Waals surface area contributed by atoms with Gasteiger partial charge in [-0.25, -0.2) is 4.39 Å². The van der Waals surface area contributed by atoms with E-state index in [9.17, 15) is 9.18 Å². The Morgan fingerprint density at radius 2 is 2.12 bits per heavy atom. The number of carbonyl (C=O) groups excluding carboxylic acids is 1. The summed E-state index contributed by atoms with van der Waals surface area (Å²) in [5.41, 5.74) is -0.107. The summed E-state index contributed by atoms with van der Waals surface area (Å²) in [5.74, 6) is -0.296. The van der Waals surface area contributed by atoms with Crippen LogP contribution in [-0.4, -0.2) is 38.8 Å². The van der Waals surface area contributed by atoms with E-state index in [0.717, 1.165) is 32.4 Å². The number of rotatable bonds is 6. The number of ether oxygens (including phenoxy) is 2. The van der Waals surface area contributed by atoms with Crippen LogP contribution in [0.15, 0.2) is 18.2 Å². The molecule has 0 atom stereocenters. The second-order valence-electron chi connectivity index (χ2n) is 6.73. The fourth-order valence-corrected chi connectivity index (χ4v) is 3.22. The lowest BCUT2D eigenvalue weighted by Gasteiger charge is -2.35. The van der Waals surface area contributed by atoms with E-state index in [2.05, 4.69) is 10.6 Å². The maximum Gasteiger partial charge on any atom is 0.233 e. The van der Waals surface area contributed by atoms with Crippen molar-refractivity contribution < 1.29 is 18.7 Å². The third-order valence-electron chi connectivity index (χ3n) is 5.00. The van der Waals surface area contributed by atoms with Crippen molar-refractivity contribution in [3.05, 3.63) is 24.0 Å². The molecule has 1 aliphatic carbocycles. The van der Waals surface area contributed by atoms with E-state index in [1.807, 2.05) is 0 Å². The highest BCUT2D eigenvalue weighted by molar-refractivity contribution is 5.95. The molecule has 0 radical (unpaired) electrons. The lowest BCUT2D eigenvalue weighted by atomic mass is 9.78. The summed E-state index contributed by atoms with van der Waals surface area (Å²) >= 11 is 0. The van der Waals surface area contributed by atoms with Crippen LogP contribution in [0.5, 0.6) is 5.75 Å². The van der Waals surface area contributed by atoms with Crippen molar-refractivity contribution in [1.82, 2.24) is 5.32 Å². The number of benzene rings is 1. The van der Waals surface area contributed by atoms with Gasteiger partial charge in [0.2, 0.25) is 5.91 Å². The number of piperidine rings is 1. The molecule has 0 aromatic heterocycles. The second-order valence-corrected chi connectivity index (χ2v) is 6.73. The SMILES string of the molecule is COCC1(C(=O)Nc2ccc(OC3CCC3)c(F)c2)CCNCC1. The Morgan fingerprint density at radius 3 is 2.71 bits per heavy atom. The van der Waals surface area contributed by atoms with Crippen LogP contribution in [0.25, 0.3) is 0 Å². The van der Waals surface area contributed by atoms with Gasteiger partial charge in [-0.1, -0.05) is 0 Å². The minimum absolute atomic E-state index is 0.113. The van der Waals surface area contributed by atoms with Gasteiger partial charge in [0.25, 0.3) is 0 Å². The van der Waals surface area contributed by atoms with E-state index in [1.165, 1.54) is 6.07 Å². The number of amides is 1. The zero-order valence-corrected chi connectivity index (χ0v) is 14.1. The molecule has 0 unspecified atom stereocenters. The molecule has 24 heavy (non-hydrogen) atoms. The van der Waals surface area contributed by atoms with E-state index in [1.54, 1.807) is 19.2 Å². The van der Waals surface area contributed by atoms with Gasteiger partial charge in [-0.3, -0.25) is 4.79 Å². The van der Waals surface area contributed by atoms with Gasteiger partial charge in [-0.05, 0) is 57.3 Å². The van der Waals surface area contributed by atoms with E-state index in [0.29, 0.717) is 25.1 Å². The first-order chi connectivity index (χ1) is 11.6. The Kier molecular flexibility index (Phi) is 5.36. The standard InChI is InChI=1S/C18H25FN2O3/c1-23-12-18(7-9-20-10-8-18)17(22)21-13-5-6-16(15(19)11-13)24-14-3-2-4-14/h5-6,11,14,20H,2-4,7-10,12H2,1H3,(H,21,22). The molecular weight excluding hydrogens is 311 g/mol. The minimum Gasteiger partial charge on any atom is -0.487 e. The van der Waals surface area contributed by atoms with E-state index in [4.69, 9.17) is 9.47 Å². The monoisotopic (exact) mass is 336 g/mol. The first-order valence-electron chi connectivity index (χ1n) is 8.60. The third-order valence-corrected chi connectivity index (χ3v) is 5.00. The van der Waals surface area contributed by atoms with Gasteiger partial charge in [0.05, 0.1) is 18.1 Å². The molecule has 1 heterocycles. The highest BCUT2D eigenvalue weighted by Gasteiger charge is 2.39. The van der Waals surface area contributed by atoms with Crippen LogP contribution < -0.4 is 15.4 Å². The van der Waals surface area contributed by atoms with Gasteiger partial charge >= 0.3 is 0 Å². The minimum atomic E-state index is -0.558. The number of methoxy groups -OCH3 is 1.